The van der Waals surface area contributed by atoms with Crippen LogP contribution >= 0.6 is 11.3 Å². The smallest absolute Gasteiger partial charge is 0.261 e. The van der Waals surface area contributed by atoms with Gasteiger partial charge in [0.2, 0.25) is 0 Å². The third kappa shape index (κ3) is 3.72. The summed E-state index contributed by atoms with van der Waals surface area (Å²) in [5, 5.41) is 12.7. The standard InChI is InChI=1S/C14H13N3O3S/c1-20-9-4-5-12(18)11(7-9)13(19)17-14-16-8-10(21-14)3-2-6-15/h4-5,7-8,18H,6,15H2,1H3,(H,16,17,19). The Morgan fingerprint density at radius 1 is 1.57 bits per heavy atom. The number of phenols is 1. The molecule has 108 valence electrons. The second-order valence-corrected chi connectivity index (χ2v) is 4.90. The summed E-state index contributed by atoms with van der Waals surface area (Å²) in [6.45, 7) is 0.261. The van der Waals surface area contributed by atoms with E-state index in [0.717, 1.165) is 0 Å². The summed E-state index contributed by atoms with van der Waals surface area (Å²) in [7, 11) is 1.48. The Hall–Kier alpha value is -2.56. The van der Waals surface area contributed by atoms with Crippen molar-refractivity contribution in [2.24, 2.45) is 5.73 Å². The molecule has 0 fully saturated rings. The number of hydrogen-bond acceptors (Lipinski definition) is 6. The number of nitrogens with two attached hydrogens (primary N) is 1. The average molecular weight is 303 g/mol. The summed E-state index contributed by atoms with van der Waals surface area (Å²) in [4.78, 5) is 16.8. The van der Waals surface area contributed by atoms with E-state index < -0.39 is 5.91 Å². The highest BCUT2D eigenvalue weighted by atomic mass is 32.1. The highest BCUT2D eigenvalue weighted by Crippen LogP contribution is 2.25. The molecule has 1 amide bonds. The summed E-state index contributed by atoms with van der Waals surface area (Å²) in [6.07, 6.45) is 1.55. The zero-order valence-corrected chi connectivity index (χ0v) is 12.0. The van der Waals surface area contributed by atoms with Crippen molar-refractivity contribution in [3.05, 3.63) is 34.8 Å². The Kier molecular flexibility index (Phi) is 4.77. The first-order chi connectivity index (χ1) is 10.1. The van der Waals surface area contributed by atoms with Gasteiger partial charge in [0.25, 0.3) is 5.91 Å². The molecular formula is C14H13N3O3S. The normalized spacial score (nSPS) is 9.62. The van der Waals surface area contributed by atoms with Gasteiger partial charge in [-0.3, -0.25) is 10.1 Å². The molecule has 0 aliphatic heterocycles. The molecular weight excluding hydrogens is 290 g/mol. The zero-order valence-electron chi connectivity index (χ0n) is 11.2. The number of aromatic nitrogens is 1. The molecule has 0 saturated carbocycles. The summed E-state index contributed by atoms with van der Waals surface area (Å²) in [6, 6.07) is 4.41. The molecule has 0 aliphatic rings. The molecule has 6 nitrogen and oxygen atoms in total. The number of thiazole rings is 1. The van der Waals surface area contributed by atoms with Crippen LogP contribution in [0.1, 0.15) is 15.2 Å². The van der Waals surface area contributed by atoms with Crippen LogP contribution in [0.15, 0.2) is 24.4 Å². The maximum atomic E-state index is 12.1. The largest absolute Gasteiger partial charge is 0.507 e. The van der Waals surface area contributed by atoms with E-state index in [0.29, 0.717) is 15.8 Å². The predicted molar refractivity (Wildman–Crippen MR) is 80.7 cm³/mol. The minimum atomic E-state index is -0.473. The van der Waals surface area contributed by atoms with Crippen molar-refractivity contribution in [1.29, 1.82) is 0 Å². The molecule has 2 aromatic rings. The fourth-order valence-electron chi connectivity index (χ4n) is 1.52. The minimum absolute atomic E-state index is 0.110. The van der Waals surface area contributed by atoms with Crippen molar-refractivity contribution in [1.82, 2.24) is 4.98 Å². The maximum absolute atomic E-state index is 12.1. The second kappa shape index (κ2) is 6.74. The van der Waals surface area contributed by atoms with Crippen LogP contribution in [0.25, 0.3) is 0 Å². The van der Waals surface area contributed by atoms with Crippen molar-refractivity contribution in [2.75, 3.05) is 19.0 Å². The fourth-order valence-corrected chi connectivity index (χ4v) is 2.20. The summed E-state index contributed by atoms with van der Waals surface area (Å²) in [5.41, 5.74) is 5.40. The van der Waals surface area contributed by atoms with Crippen LogP contribution in [0.3, 0.4) is 0 Å². The topological polar surface area (TPSA) is 97.5 Å². The second-order valence-electron chi connectivity index (χ2n) is 3.87. The maximum Gasteiger partial charge on any atom is 0.261 e. The van der Waals surface area contributed by atoms with Gasteiger partial charge in [-0.05, 0) is 18.2 Å². The van der Waals surface area contributed by atoms with Gasteiger partial charge in [0, 0.05) is 0 Å². The summed E-state index contributed by atoms with van der Waals surface area (Å²) < 4.78 is 5.02. The summed E-state index contributed by atoms with van der Waals surface area (Å²) >= 11 is 1.23. The Balaban J connectivity index is 2.16. The van der Waals surface area contributed by atoms with Crippen molar-refractivity contribution >= 4 is 22.4 Å². The molecule has 2 rings (SSSR count). The number of anilines is 1. The molecule has 0 spiro atoms. The van der Waals surface area contributed by atoms with Crippen molar-refractivity contribution < 1.29 is 14.6 Å². The number of phenolic OH excluding ortho intramolecular Hbond substituents is 1. The van der Waals surface area contributed by atoms with Gasteiger partial charge in [-0.25, -0.2) is 4.98 Å². The monoisotopic (exact) mass is 303 g/mol. The molecule has 1 aromatic heterocycles. The third-order valence-corrected chi connectivity index (χ3v) is 3.32. The lowest BCUT2D eigenvalue weighted by Gasteiger charge is -2.06. The zero-order chi connectivity index (χ0) is 15.2. The quantitative estimate of drug-likeness (QED) is 0.745. The molecule has 1 heterocycles. The van der Waals surface area contributed by atoms with Gasteiger partial charge < -0.3 is 15.6 Å². The Labute approximate surface area is 125 Å². The number of ether oxygens (including phenoxy) is 1. The van der Waals surface area contributed by atoms with Crippen LogP contribution in [0, 0.1) is 11.8 Å². The van der Waals surface area contributed by atoms with Crippen LogP contribution in [0.2, 0.25) is 0 Å². The molecule has 0 atom stereocenters. The van der Waals surface area contributed by atoms with E-state index in [2.05, 4.69) is 22.1 Å². The molecule has 7 heteroatoms. The van der Waals surface area contributed by atoms with Gasteiger partial charge in [0.1, 0.15) is 11.5 Å². The Morgan fingerprint density at radius 2 is 2.38 bits per heavy atom. The lowest BCUT2D eigenvalue weighted by atomic mass is 10.2. The van der Waals surface area contributed by atoms with Crippen molar-refractivity contribution in [3.8, 4) is 23.3 Å². The highest BCUT2D eigenvalue weighted by molar-refractivity contribution is 7.16. The van der Waals surface area contributed by atoms with E-state index in [9.17, 15) is 9.90 Å². The average Bonchev–Trinajstić information content (AvgIpc) is 2.93. The van der Waals surface area contributed by atoms with Gasteiger partial charge in [0.05, 0.1) is 30.3 Å². The van der Waals surface area contributed by atoms with Crippen LogP contribution in [0.4, 0.5) is 5.13 Å². The van der Waals surface area contributed by atoms with E-state index in [-0.39, 0.29) is 17.9 Å². The van der Waals surface area contributed by atoms with E-state index in [4.69, 9.17) is 10.5 Å². The molecule has 4 N–H and O–H groups in total. The van der Waals surface area contributed by atoms with Crippen LogP contribution in [0.5, 0.6) is 11.5 Å². The third-order valence-electron chi connectivity index (χ3n) is 2.49. The number of nitrogens with one attached hydrogen (secondary N) is 1. The number of nitrogens with zero attached hydrogens (tertiary/aromatic N) is 1. The SMILES string of the molecule is COc1ccc(O)c(C(=O)Nc2ncc(C#CCN)s2)c1. The molecule has 0 unspecified atom stereocenters. The van der Waals surface area contributed by atoms with Crippen LogP contribution in [-0.2, 0) is 0 Å². The van der Waals surface area contributed by atoms with Crippen LogP contribution < -0.4 is 15.8 Å². The van der Waals surface area contributed by atoms with Gasteiger partial charge in [-0.1, -0.05) is 23.2 Å². The molecule has 0 aliphatic carbocycles. The first-order valence-electron chi connectivity index (χ1n) is 5.97. The number of carbonyl (C=O) groups excluding carboxylic acids is 1. The van der Waals surface area contributed by atoms with Gasteiger partial charge in [-0.15, -0.1) is 0 Å². The lowest BCUT2D eigenvalue weighted by Crippen LogP contribution is -2.11. The van der Waals surface area contributed by atoms with E-state index in [1.165, 1.54) is 30.6 Å². The van der Waals surface area contributed by atoms with Gasteiger partial charge >= 0.3 is 0 Å². The molecule has 21 heavy (non-hydrogen) atoms. The van der Waals surface area contributed by atoms with E-state index in [1.807, 2.05) is 0 Å². The molecule has 1 aromatic carbocycles. The van der Waals surface area contributed by atoms with Gasteiger partial charge in [-0.2, -0.15) is 0 Å². The first kappa shape index (κ1) is 14.8. The lowest BCUT2D eigenvalue weighted by molar-refractivity contribution is 0.102. The van der Waals surface area contributed by atoms with Crippen molar-refractivity contribution in [3.63, 3.8) is 0 Å². The fraction of sp³-hybridized carbons (Fsp3) is 0.143. The predicted octanol–water partition coefficient (Wildman–Crippen LogP) is 1.42. The number of benzene rings is 1. The number of aromatic hydroxyl groups is 1. The minimum Gasteiger partial charge on any atom is -0.507 e. The number of hydrogen-bond donors (Lipinski definition) is 3. The number of carbonyl (C=O) groups is 1. The number of methoxy groups -OCH3 is 1. The van der Waals surface area contributed by atoms with E-state index >= 15 is 0 Å². The Bertz CT molecular complexity index is 716. The van der Waals surface area contributed by atoms with Crippen molar-refractivity contribution in [2.45, 2.75) is 0 Å². The number of rotatable bonds is 3. The van der Waals surface area contributed by atoms with Gasteiger partial charge in [0.15, 0.2) is 5.13 Å². The number of amides is 1. The highest BCUT2D eigenvalue weighted by Gasteiger charge is 2.14. The Morgan fingerprint density at radius 3 is 3.10 bits per heavy atom. The summed E-state index contributed by atoms with van der Waals surface area (Å²) in [5.74, 6) is 5.41. The molecule has 0 bridgehead atoms. The molecule has 0 saturated heterocycles. The first-order valence-corrected chi connectivity index (χ1v) is 6.79. The van der Waals surface area contributed by atoms with Crippen LogP contribution in [-0.4, -0.2) is 29.7 Å². The van der Waals surface area contributed by atoms with E-state index in [1.54, 1.807) is 12.3 Å². The molecule has 0 radical (unpaired) electrons.